The predicted molar refractivity (Wildman–Crippen MR) is 62.0 cm³/mol. The number of hydrogen-bond acceptors (Lipinski definition) is 4. The molecule has 1 unspecified atom stereocenters. The Balaban J connectivity index is 2.16. The fourth-order valence-electron chi connectivity index (χ4n) is 1.71. The van der Waals surface area contributed by atoms with Crippen molar-refractivity contribution >= 4 is 21.9 Å². The molecule has 0 bridgehead atoms. The molecular formula is C10H14BrN3O. The minimum Gasteiger partial charge on any atom is -0.377 e. The summed E-state index contributed by atoms with van der Waals surface area (Å²) in [5.74, 6) is 0.799. The number of ether oxygens (including phenoxy) is 1. The van der Waals surface area contributed by atoms with Crippen molar-refractivity contribution in [3.05, 3.63) is 16.9 Å². The molecule has 0 spiro atoms. The third-order valence-corrected chi connectivity index (χ3v) is 2.97. The molecule has 0 amide bonds. The van der Waals surface area contributed by atoms with E-state index in [1.807, 2.05) is 0 Å². The second-order valence-electron chi connectivity index (χ2n) is 3.53. The highest BCUT2D eigenvalue weighted by Crippen LogP contribution is 2.17. The third-order valence-electron chi connectivity index (χ3n) is 2.56. The quantitative estimate of drug-likeness (QED) is 0.823. The first-order valence-electron chi connectivity index (χ1n) is 5.13. The largest absolute Gasteiger partial charge is 0.377 e. The number of morpholine rings is 1. The predicted octanol–water partition coefficient (Wildman–Crippen LogP) is 1.85. The maximum atomic E-state index is 5.44. The Kier molecular flexibility index (Phi) is 3.53. The van der Waals surface area contributed by atoms with E-state index >= 15 is 0 Å². The molecule has 2 rings (SSSR count). The van der Waals surface area contributed by atoms with Crippen LogP contribution >= 0.6 is 15.9 Å². The van der Waals surface area contributed by atoms with Gasteiger partial charge in [0.05, 0.1) is 23.7 Å². The molecule has 1 fully saturated rings. The topological polar surface area (TPSA) is 38.2 Å². The lowest BCUT2D eigenvalue weighted by atomic mass is 10.2. The van der Waals surface area contributed by atoms with Crippen molar-refractivity contribution in [2.75, 3.05) is 24.7 Å². The van der Waals surface area contributed by atoms with Gasteiger partial charge < -0.3 is 9.64 Å². The van der Waals surface area contributed by atoms with Crippen LogP contribution in [-0.4, -0.2) is 35.8 Å². The summed E-state index contributed by atoms with van der Waals surface area (Å²) in [5.41, 5.74) is 0. The molecule has 82 valence electrons. The SMILES string of the molecule is CCC1COCCN1c1ncc(Br)cn1. The number of rotatable bonds is 2. The van der Waals surface area contributed by atoms with Crippen LogP contribution in [-0.2, 0) is 4.74 Å². The highest BCUT2D eigenvalue weighted by Gasteiger charge is 2.23. The van der Waals surface area contributed by atoms with E-state index in [0.717, 1.165) is 36.6 Å². The van der Waals surface area contributed by atoms with Crippen LogP contribution in [0.1, 0.15) is 13.3 Å². The molecule has 1 aromatic rings. The second kappa shape index (κ2) is 4.90. The van der Waals surface area contributed by atoms with Gasteiger partial charge in [-0.1, -0.05) is 6.92 Å². The molecule has 5 heteroatoms. The molecule has 0 saturated carbocycles. The first kappa shape index (κ1) is 10.8. The lowest BCUT2D eigenvalue weighted by Crippen LogP contribution is -2.46. The summed E-state index contributed by atoms with van der Waals surface area (Å²) in [6.07, 6.45) is 4.62. The standard InChI is InChI=1S/C10H14BrN3O/c1-2-9-7-15-4-3-14(9)10-12-5-8(11)6-13-10/h5-6,9H,2-4,7H2,1H3. The molecule has 1 aliphatic rings. The van der Waals surface area contributed by atoms with Crippen LogP contribution in [0.4, 0.5) is 5.95 Å². The van der Waals surface area contributed by atoms with Crippen LogP contribution in [0.25, 0.3) is 0 Å². The lowest BCUT2D eigenvalue weighted by Gasteiger charge is -2.34. The van der Waals surface area contributed by atoms with Crippen LogP contribution in [0.15, 0.2) is 16.9 Å². The molecule has 1 aromatic heterocycles. The fourth-order valence-corrected chi connectivity index (χ4v) is 1.91. The zero-order valence-electron chi connectivity index (χ0n) is 8.69. The molecular weight excluding hydrogens is 258 g/mol. The molecule has 0 radical (unpaired) electrons. The van der Waals surface area contributed by atoms with Crippen molar-refractivity contribution in [3.63, 3.8) is 0 Å². The zero-order valence-corrected chi connectivity index (χ0v) is 10.3. The van der Waals surface area contributed by atoms with Crippen LogP contribution in [0.2, 0.25) is 0 Å². The monoisotopic (exact) mass is 271 g/mol. The molecule has 1 atom stereocenters. The summed E-state index contributed by atoms with van der Waals surface area (Å²) < 4.78 is 6.35. The van der Waals surface area contributed by atoms with Gasteiger partial charge in [-0.15, -0.1) is 0 Å². The molecule has 1 saturated heterocycles. The van der Waals surface area contributed by atoms with Crippen molar-refractivity contribution < 1.29 is 4.74 Å². The van der Waals surface area contributed by atoms with Gasteiger partial charge in [0.2, 0.25) is 5.95 Å². The Morgan fingerprint density at radius 1 is 1.53 bits per heavy atom. The Morgan fingerprint density at radius 2 is 2.27 bits per heavy atom. The Bertz CT molecular complexity index is 317. The minimum atomic E-state index is 0.403. The number of halogens is 1. The van der Waals surface area contributed by atoms with Gasteiger partial charge in [-0.3, -0.25) is 0 Å². The number of nitrogens with zero attached hydrogens (tertiary/aromatic N) is 3. The third kappa shape index (κ3) is 2.46. The van der Waals surface area contributed by atoms with Crippen LogP contribution < -0.4 is 4.90 Å². The highest BCUT2D eigenvalue weighted by molar-refractivity contribution is 9.10. The summed E-state index contributed by atoms with van der Waals surface area (Å²) in [7, 11) is 0. The Hall–Kier alpha value is -0.680. The van der Waals surface area contributed by atoms with Crippen molar-refractivity contribution in [1.29, 1.82) is 0 Å². The smallest absolute Gasteiger partial charge is 0.225 e. The van der Waals surface area contributed by atoms with Gasteiger partial charge in [-0.25, -0.2) is 9.97 Å². The summed E-state index contributed by atoms with van der Waals surface area (Å²) >= 11 is 3.33. The normalized spacial score (nSPS) is 21.7. The Labute approximate surface area is 97.8 Å². The van der Waals surface area contributed by atoms with Gasteiger partial charge in [0.15, 0.2) is 0 Å². The maximum Gasteiger partial charge on any atom is 0.225 e. The first-order valence-corrected chi connectivity index (χ1v) is 5.92. The summed E-state index contributed by atoms with van der Waals surface area (Å²) in [5, 5.41) is 0. The van der Waals surface area contributed by atoms with E-state index in [0.29, 0.717) is 6.04 Å². The van der Waals surface area contributed by atoms with Crippen LogP contribution in [0, 0.1) is 0 Å². The summed E-state index contributed by atoms with van der Waals surface area (Å²) in [4.78, 5) is 10.8. The van der Waals surface area contributed by atoms with E-state index in [9.17, 15) is 0 Å². The van der Waals surface area contributed by atoms with E-state index in [1.54, 1.807) is 12.4 Å². The highest BCUT2D eigenvalue weighted by atomic mass is 79.9. The van der Waals surface area contributed by atoms with Gasteiger partial charge >= 0.3 is 0 Å². The van der Waals surface area contributed by atoms with Gasteiger partial charge in [0.25, 0.3) is 0 Å². The lowest BCUT2D eigenvalue weighted by molar-refractivity contribution is 0.0921. The Morgan fingerprint density at radius 3 is 2.93 bits per heavy atom. The number of aromatic nitrogens is 2. The minimum absolute atomic E-state index is 0.403. The van der Waals surface area contributed by atoms with Crippen molar-refractivity contribution in [3.8, 4) is 0 Å². The zero-order chi connectivity index (χ0) is 10.7. The van der Waals surface area contributed by atoms with Crippen LogP contribution in [0.3, 0.4) is 0 Å². The molecule has 4 nitrogen and oxygen atoms in total. The molecule has 0 N–H and O–H groups in total. The molecule has 2 heterocycles. The van der Waals surface area contributed by atoms with E-state index in [1.165, 1.54) is 0 Å². The van der Waals surface area contributed by atoms with Gasteiger partial charge in [-0.05, 0) is 22.4 Å². The van der Waals surface area contributed by atoms with E-state index < -0.39 is 0 Å². The molecule has 1 aliphatic heterocycles. The number of hydrogen-bond donors (Lipinski definition) is 0. The average molecular weight is 272 g/mol. The number of anilines is 1. The van der Waals surface area contributed by atoms with Crippen molar-refractivity contribution in [2.24, 2.45) is 0 Å². The van der Waals surface area contributed by atoms with E-state index in [4.69, 9.17) is 4.74 Å². The fraction of sp³-hybridized carbons (Fsp3) is 0.600. The van der Waals surface area contributed by atoms with E-state index in [-0.39, 0.29) is 0 Å². The molecule has 15 heavy (non-hydrogen) atoms. The van der Waals surface area contributed by atoms with Crippen molar-refractivity contribution in [1.82, 2.24) is 9.97 Å². The maximum absolute atomic E-state index is 5.44. The van der Waals surface area contributed by atoms with Crippen LogP contribution in [0.5, 0.6) is 0 Å². The summed E-state index contributed by atoms with van der Waals surface area (Å²) in [6, 6.07) is 0.403. The van der Waals surface area contributed by atoms with Crippen molar-refractivity contribution in [2.45, 2.75) is 19.4 Å². The van der Waals surface area contributed by atoms with Gasteiger partial charge in [-0.2, -0.15) is 0 Å². The second-order valence-corrected chi connectivity index (χ2v) is 4.45. The van der Waals surface area contributed by atoms with Gasteiger partial charge in [0.1, 0.15) is 0 Å². The average Bonchev–Trinajstić information content (AvgIpc) is 2.30. The molecule has 0 aliphatic carbocycles. The van der Waals surface area contributed by atoms with E-state index in [2.05, 4.69) is 37.7 Å². The summed E-state index contributed by atoms with van der Waals surface area (Å²) in [6.45, 7) is 4.57. The van der Waals surface area contributed by atoms with Gasteiger partial charge in [0, 0.05) is 18.9 Å². The molecule has 0 aromatic carbocycles. The first-order chi connectivity index (χ1) is 7.31.